The third kappa shape index (κ3) is 2.55. The molecule has 17 heavy (non-hydrogen) atoms. The second-order valence-corrected chi connectivity index (χ2v) is 5.71. The first-order valence-corrected chi connectivity index (χ1v) is 6.96. The largest absolute Gasteiger partial charge is 0.358 e. The average Bonchev–Trinajstić information content (AvgIpc) is 2.61. The maximum Gasteiger partial charge on any atom is 0.293 e. The summed E-state index contributed by atoms with van der Waals surface area (Å²) in [5, 5.41) is 3.99. The molecule has 0 aliphatic carbocycles. The lowest BCUT2D eigenvalue weighted by atomic mass is 10.3. The minimum absolute atomic E-state index is 0.0326. The Kier molecular flexibility index (Phi) is 3.01. The third-order valence-electron chi connectivity index (χ3n) is 2.51. The van der Waals surface area contributed by atoms with Gasteiger partial charge in [0.1, 0.15) is 0 Å². The van der Waals surface area contributed by atoms with Gasteiger partial charge in [-0.25, -0.2) is 13.4 Å². The highest BCUT2D eigenvalue weighted by atomic mass is 32.2. The fraction of sp³-hybridized carbons (Fsp3) is 0.400. The molecule has 0 aromatic carbocycles. The Balaban J connectivity index is 2.21. The maximum atomic E-state index is 11.8. The fourth-order valence-electron chi connectivity index (χ4n) is 1.64. The molecule has 0 fully saturated rings. The first-order valence-electron chi connectivity index (χ1n) is 5.25. The molecule has 0 saturated carbocycles. The van der Waals surface area contributed by atoms with Crippen molar-refractivity contribution in [1.29, 1.82) is 0 Å². The molecule has 1 aliphatic heterocycles. The highest BCUT2D eigenvalue weighted by molar-refractivity contribution is 7.94. The van der Waals surface area contributed by atoms with E-state index in [1.807, 2.05) is 6.92 Å². The number of nitrogens with one attached hydrogen (secondary N) is 1. The van der Waals surface area contributed by atoms with Gasteiger partial charge < -0.3 is 9.88 Å². The van der Waals surface area contributed by atoms with Crippen LogP contribution >= 0.6 is 0 Å². The van der Waals surface area contributed by atoms with Crippen LogP contribution in [0.3, 0.4) is 0 Å². The minimum atomic E-state index is -3.12. The number of hydrogen-bond acceptors (Lipinski definition) is 5. The Labute approximate surface area is 98.9 Å². The first-order chi connectivity index (χ1) is 8.02. The van der Waals surface area contributed by atoms with Crippen molar-refractivity contribution in [3.05, 3.63) is 34.2 Å². The van der Waals surface area contributed by atoms with Crippen molar-refractivity contribution < 1.29 is 8.42 Å². The van der Waals surface area contributed by atoms with E-state index in [2.05, 4.69) is 10.3 Å². The van der Waals surface area contributed by atoms with Crippen molar-refractivity contribution in [1.82, 2.24) is 9.55 Å². The Morgan fingerprint density at radius 2 is 2.35 bits per heavy atom. The lowest BCUT2D eigenvalue weighted by Gasteiger charge is -2.11. The number of aromatic nitrogens is 2. The molecule has 1 N–H and O–H groups in total. The van der Waals surface area contributed by atoms with Gasteiger partial charge in [-0.3, -0.25) is 4.79 Å². The Bertz CT molecular complexity index is 603. The highest BCUT2D eigenvalue weighted by Crippen LogP contribution is 2.11. The van der Waals surface area contributed by atoms with E-state index in [1.165, 1.54) is 16.8 Å². The lowest BCUT2D eigenvalue weighted by molar-refractivity contribution is 0.605. The molecule has 1 aromatic heterocycles. The summed E-state index contributed by atoms with van der Waals surface area (Å²) < 4.78 is 23.9. The lowest BCUT2D eigenvalue weighted by Crippen LogP contribution is -2.29. The molecule has 2 heterocycles. The van der Waals surface area contributed by atoms with Crippen LogP contribution in [0.5, 0.6) is 0 Å². The molecule has 6 nitrogen and oxygen atoms in total. The molecular weight excluding hydrogens is 242 g/mol. The van der Waals surface area contributed by atoms with E-state index in [1.54, 1.807) is 6.20 Å². The van der Waals surface area contributed by atoms with E-state index in [0.717, 1.165) is 5.41 Å². The molecule has 1 unspecified atom stereocenters. The molecule has 2 rings (SSSR count). The minimum Gasteiger partial charge on any atom is -0.358 e. The van der Waals surface area contributed by atoms with Crippen molar-refractivity contribution in [2.75, 3.05) is 11.1 Å². The molecule has 1 aromatic rings. The van der Waals surface area contributed by atoms with Crippen LogP contribution in [-0.4, -0.2) is 29.8 Å². The van der Waals surface area contributed by atoms with Gasteiger partial charge in [-0.05, 0) is 13.0 Å². The molecule has 1 atom stereocenters. The summed E-state index contributed by atoms with van der Waals surface area (Å²) in [5.74, 6) is 0.149. The van der Waals surface area contributed by atoms with E-state index < -0.39 is 9.84 Å². The normalized spacial score (nSPS) is 21.6. The summed E-state index contributed by atoms with van der Waals surface area (Å²) in [5.41, 5.74) is -0.243. The molecule has 0 spiro atoms. The van der Waals surface area contributed by atoms with Crippen LogP contribution < -0.4 is 10.9 Å². The summed E-state index contributed by atoms with van der Waals surface area (Å²) >= 11 is 0. The van der Waals surface area contributed by atoms with Crippen LogP contribution in [0, 0.1) is 0 Å². The zero-order valence-corrected chi connectivity index (χ0v) is 10.1. The molecule has 0 radical (unpaired) electrons. The van der Waals surface area contributed by atoms with Crippen molar-refractivity contribution in [2.24, 2.45) is 0 Å². The Morgan fingerprint density at radius 1 is 1.59 bits per heavy atom. The van der Waals surface area contributed by atoms with Gasteiger partial charge in [-0.2, -0.15) is 0 Å². The van der Waals surface area contributed by atoms with Gasteiger partial charge in [0.05, 0.1) is 11.8 Å². The van der Waals surface area contributed by atoms with Gasteiger partial charge in [0.15, 0.2) is 15.7 Å². The highest BCUT2D eigenvalue weighted by Gasteiger charge is 2.22. The molecule has 7 heteroatoms. The summed E-state index contributed by atoms with van der Waals surface area (Å²) in [6.45, 7) is 2.40. The zero-order chi connectivity index (χ0) is 12.5. The van der Waals surface area contributed by atoms with Gasteiger partial charge in [-0.1, -0.05) is 0 Å². The van der Waals surface area contributed by atoms with Crippen LogP contribution in [-0.2, 0) is 16.4 Å². The summed E-state index contributed by atoms with van der Waals surface area (Å²) in [4.78, 5) is 15.7. The van der Waals surface area contributed by atoms with Crippen molar-refractivity contribution in [3.8, 4) is 0 Å². The zero-order valence-electron chi connectivity index (χ0n) is 9.33. The van der Waals surface area contributed by atoms with E-state index in [4.69, 9.17) is 0 Å². The van der Waals surface area contributed by atoms with Gasteiger partial charge in [-0.15, -0.1) is 0 Å². The van der Waals surface area contributed by atoms with Crippen LogP contribution in [0.1, 0.15) is 6.92 Å². The fourth-order valence-corrected chi connectivity index (χ4v) is 2.87. The summed E-state index contributed by atoms with van der Waals surface area (Å²) in [6.07, 6.45) is 4.63. The number of nitrogens with zero attached hydrogens (tertiary/aromatic N) is 2. The molecular formula is C10H13N3O3S. The van der Waals surface area contributed by atoms with E-state index >= 15 is 0 Å². The standard InChI is InChI=1S/C10H13N3O3S/c1-2-13-5-4-11-9(10(13)14)12-8-3-6-17(15,16)7-8/h3-6,8H,2,7H2,1H3,(H,11,12). The van der Waals surface area contributed by atoms with Crippen molar-refractivity contribution in [2.45, 2.75) is 19.5 Å². The second-order valence-electron chi connectivity index (χ2n) is 3.78. The monoisotopic (exact) mass is 255 g/mol. The topological polar surface area (TPSA) is 81.1 Å². The van der Waals surface area contributed by atoms with Crippen molar-refractivity contribution in [3.63, 3.8) is 0 Å². The quantitative estimate of drug-likeness (QED) is 0.821. The van der Waals surface area contributed by atoms with Crippen LogP contribution in [0.4, 0.5) is 5.82 Å². The number of anilines is 1. The molecule has 92 valence electrons. The predicted octanol–water partition coefficient (Wildman–Crippen LogP) is -0.0142. The molecule has 0 amide bonds. The number of aryl methyl sites for hydroxylation is 1. The first kappa shape index (κ1) is 11.8. The SMILES string of the molecule is CCn1ccnc(NC2C=CS(=O)(=O)C2)c1=O. The van der Waals surface area contributed by atoms with Gasteiger partial charge in [0, 0.05) is 24.3 Å². The van der Waals surface area contributed by atoms with Gasteiger partial charge in [0.25, 0.3) is 5.56 Å². The Morgan fingerprint density at radius 3 is 2.94 bits per heavy atom. The van der Waals surface area contributed by atoms with Gasteiger partial charge >= 0.3 is 0 Å². The van der Waals surface area contributed by atoms with E-state index in [-0.39, 0.29) is 23.2 Å². The van der Waals surface area contributed by atoms with Crippen molar-refractivity contribution >= 4 is 15.7 Å². The Hall–Kier alpha value is -1.63. The smallest absolute Gasteiger partial charge is 0.293 e. The van der Waals surface area contributed by atoms with Crippen LogP contribution in [0.2, 0.25) is 0 Å². The molecule has 1 aliphatic rings. The molecule has 0 bridgehead atoms. The van der Waals surface area contributed by atoms with E-state index in [0.29, 0.717) is 6.54 Å². The summed E-state index contributed by atoms with van der Waals surface area (Å²) in [6, 6.07) is -0.382. The maximum absolute atomic E-state index is 11.8. The number of hydrogen-bond donors (Lipinski definition) is 1. The third-order valence-corrected chi connectivity index (χ3v) is 3.90. The van der Waals surface area contributed by atoms with Crippen LogP contribution in [0.15, 0.2) is 28.7 Å². The van der Waals surface area contributed by atoms with Gasteiger partial charge in [0.2, 0.25) is 0 Å². The second kappa shape index (κ2) is 4.33. The van der Waals surface area contributed by atoms with Crippen LogP contribution in [0.25, 0.3) is 0 Å². The number of rotatable bonds is 3. The average molecular weight is 255 g/mol. The summed E-state index contributed by atoms with van der Waals surface area (Å²) in [7, 11) is -3.12. The van der Waals surface area contributed by atoms with E-state index in [9.17, 15) is 13.2 Å². The number of sulfone groups is 1. The predicted molar refractivity (Wildman–Crippen MR) is 64.5 cm³/mol. The molecule has 0 saturated heterocycles.